The van der Waals surface area contributed by atoms with Crippen LogP contribution in [-0.4, -0.2) is 35.9 Å². The summed E-state index contributed by atoms with van der Waals surface area (Å²) in [4.78, 5) is 20.7. The molecule has 0 radical (unpaired) electrons. The number of hydrogen-bond acceptors (Lipinski definition) is 4. The Morgan fingerprint density at radius 1 is 0.882 bits per heavy atom. The van der Waals surface area contributed by atoms with Gasteiger partial charge in [0.15, 0.2) is 6.04 Å². The van der Waals surface area contributed by atoms with Gasteiger partial charge in [-0.3, -0.25) is 5.32 Å². The average molecular weight is 450 g/mol. The highest BCUT2D eigenvalue weighted by atomic mass is 16.2. The number of benzene rings is 3. The van der Waals surface area contributed by atoms with Crippen LogP contribution >= 0.6 is 0 Å². The lowest BCUT2D eigenvalue weighted by Gasteiger charge is -2.11. The molecular weight excluding hydrogens is 420 g/mol. The largest absolute Gasteiger partial charge is 0.359 e. The maximum absolute atomic E-state index is 13.5. The Hall–Kier alpha value is -3.83. The summed E-state index contributed by atoms with van der Waals surface area (Å²) in [6.07, 6.45) is 3.16. The number of anilines is 1. The van der Waals surface area contributed by atoms with Crippen LogP contribution in [0.25, 0.3) is 11.3 Å². The van der Waals surface area contributed by atoms with Crippen LogP contribution in [0, 0.1) is 0 Å². The molecule has 0 saturated heterocycles. The second-order valence-electron chi connectivity index (χ2n) is 9.12. The van der Waals surface area contributed by atoms with Gasteiger partial charge < -0.3 is 4.90 Å². The molecule has 1 unspecified atom stereocenters. The van der Waals surface area contributed by atoms with Gasteiger partial charge in [0.2, 0.25) is 0 Å². The molecule has 3 aromatic carbocycles. The first kappa shape index (κ1) is 22.0. The third-order valence-corrected chi connectivity index (χ3v) is 6.08. The fraction of sp³-hybridized carbons (Fsp3) is 0.207. The predicted octanol–water partition coefficient (Wildman–Crippen LogP) is 4.37. The van der Waals surface area contributed by atoms with Gasteiger partial charge >= 0.3 is 11.7 Å². The maximum Gasteiger partial charge on any atom is 0.359 e. The van der Waals surface area contributed by atoms with Crippen molar-refractivity contribution in [3.05, 3.63) is 114 Å². The molecule has 1 aliphatic heterocycles. The first-order valence-corrected chi connectivity index (χ1v) is 11.6. The molecule has 170 valence electrons. The lowest BCUT2D eigenvalue weighted by Crippen LogP contribution is -2.44. The van der Waals surface area contributed by atoms with E-state index in [0.717, 1.165) is 40.4 Å². The van der Waals surface area contributed by atoms with Gasteiger partial charge in [0.1, 0.15) is 17.6 Å². The number of hydrogen-bond donors (Lipinski definition) is 1. The number of rotatable bonds is 7. The number of nitrogens with one attached hydrogen (secondary N) is 1. The smallest absolute Gasteiger partial charge is 0.305 e. The van der Waals surface area contributed by atoms with Gasteiger partial charge in [0.25, 0.3) is 0 Å². The van der Waals surface area contributed by atoms with Gasteiger partial charge in [0, 0.05) is 24.9 Å². The molecule has 0 fully saturated rings. The van der Waals surface area contributed by atoms with E-state index in [4.69, 9.17) is 4.98 Å². The lowest BCUT2D eigenvalue weighted by molar-refractivity contribution is -0.552. The van der Waals surface area contributed by atoms with E-state index < -0.39 is 0 Å². The van der Waals surface area contributed by atoms with Crippen molar-refractivity contribution in [2.45, 2.75) is 25.4 Å². The number of carbonyl (C=O) groups excluding carboxylic acids is 1. The Labute approximate surface area is 200 Å². The quantitative estimate of drug-likeness (QED) is 0.426. The standard InChI is InChI=1S/C29H28N4O/c1-32(2)19-23-13-9-12-22(16-23)18-26-29(34)33-20-27(24-14-7-4-8-15-24)30-25(28(33)31-26)17-21-10-5-3-6-11-21/h3-16,20,26H,17-19H2,1-2H3/p+1. The van der Waals surface area contributed by atoms with Crippen LogP contribution in [0.1, 0.15) is 27.2 Å². The molecule has 0 spiro atoms. The molecule has 34 heavy (non-hydrogen) atoms. The summed E-state index contributed by atoms with van der Waals surface area (Å²) in [6.45, 7) is 0.875. The second kappa shape index (κ2) is 9.57. The maximum atomic E-state index is 13.5. The summed E-state index contributed by atoms with van der Waals surface area (Å²) in [6, 6.07) is 28.5. The molecule has 1 aromatic heterocycles. The van der Waals surface area contributed by atoms with Gasteiger partial charge in [-0.15, -0.1) is 0 Å². The Morgan fingerprint density at radius 3 is 2.29 bits per heavy atom. The molecule has 4 aromatic rings. The molecular formula is C29H29N4O+. The topological polar surface area (TPSA) is 49.1 Å². The van der Waals surface area contributed by atoms with Crippen molar-refractivity contribution in [3.8, 4) is 11.3 Å². The van der Waals surface area contributed by atoms with E-state index in [1.54, 1.807) is 4.57 Å². The van der Waals surface area contributed by atoms with Crippen LogP contribution < -0.4 is 9.88 Å². The predicted molar refractivity (Wildman–Crippen MR) is 135 cm³/mol. The zero-order valence-corrected chi connectivity index (χ0v) is 19.6. The summed E-state index contributed by atoms with van der Waals surface area (Å²) >= 11 is 0. The Morgan fingerprint density at radius 2 is 1.56 bits per heavy atom. The average Bonchev–Trinajstić information content (AvgIpc) is 3.15. The minimum absolute atomic E-state index is 0.0573. The second-order valence-corrected chi connectivity index (χ2v) is 9.12. The Kier molecular flexibility index (Phi) is 6.19. The van der Waals surface area contributed by atoms with Crippen molar-refractivity contribution >= 4 is 11.7 Å². The van der Waals surface area contributed by atoms with Gasteiger partial charge in [0.05, 0.1) is 0 Å². The van der Waals surface area contributed by atoms with E-state index in [-0.39, 0.29) is 11.9 Å². The highest BCUT2D eigenvalue weighted by Crippen LogP contribution is 2.25. The van der Waals surface area contributed by atoms with E-state index in [2.05, 4.69) is 60.7 Å². The van der Waals surface area contributed by atoms with Crippen LogP contribution in [0.2, 0.25) is 0 Å². The third-order valence-electron chi connectivity index (χ3n) is 6.08. The Bertz CT molecular complexity index is 1300. The molecule has 1 aliphatic rings. The highest BCUT2D eigenvalue weighted by molar-refractivity contribution is 5.82. The summed E-state index contributed by atoms with van der Waals surface area (Å²) in [5.74, 6) is 0.852. The number of aromatic nitrogens is 2. The highest BCUT2D eigenvalue weighted by Gasteiger charge is 2.41. The van der Waals surface area contributed by atoms with Crippen molar-refractivity contribution in [3.63, 3.8) is 0 Å². The number of carbonyl (C=O) groups is 1. The molecule has 5 rings (SSSR count). The molecule has 5 heteroatoms. The van der Waals surface area contributed by atoms with E-state index in [0.29, 0.717) is 12.8 Å². The first-order chi connectivity index (χ1) is 16.6. The van der Waals surface area contributed by atoms with Gasteiger partial charge in [-0.2, -0.15) is 4.57 Å². The minimum atomic E-state index is -0.322. The zero-order chi connectivity index (χ0) is 23.5. The van der Waals surface area contributed by atoms with E-state index in [1.807, 2.05) is 54.7 Å². The van der Waals surface area contributed by atoms with Crippen LogP contribution in [0.15, 0.2) is 91.1 Å². The third kappa shape index (κ3) is 4.75. The zero-order valence-electron chi connectivity index (χ0n) is 19.6. The van der Waals surface area contributed by atoms with E-state index in [1.165, 1.54) is 5.56 Å². The number of fused-ring (bicyclic) bond motifs is 1. The van der Waals surface area contributed by atoms with Crippen LogP contribution in [-0.2, 0) is 19.4 Å². The van der Waals surface area contributed by atoms with Gasteiger partial charge in [-0.05, 0) is 30.8 Å². The van der Waals surface area contributed by atoms with Gasteiger partial charge in [-0.25, -0.2) is 9.78 Å². The fourth-order valence-corrected chi connectivity index (χ4v) is 4.53. The molecule has 1 atom stereocenters. The SMILES string of the molecule is CN(C)Cc1cccc(CC2Nc3c(Cc4ccccc4)nc(-c4ccccc4)c[n+]3C2=O)c1. The van der Waals surface area contributed by atoms with Crippen LogP contribution in [0.5, 0.6) is 0 Å². The molecule has 0 aliphatic carbocycles. The van der Waals surface area contributed by atoms with Crippen molar-refractivity contribution in [2.24, 2.45) is 0 Å². The summed E-state index contributed by atoms with van der Waals surface area (Å²) < 4.78 is 1.77. The van der Waals surface area contributed by atoms with Crippen LogP contribution in [0.4, 0.5) is 5.82 Å². The molecule has 0 saturated carbocycles. The fourth-order valence-electron chi connectivity index (χ4n) is 4.53. The lowest BCUT2D eigenvalue weighted by atomic mass is 10.0. The van der Waals surface area contributed by atoms with E-state index >= 15 is 0 Å². The molecule has 0 bridgehead atoms. The molecule has 5 nitrogen and oxygen atoms in total. The summed E-state index contributed by atoms with van der Waals surface area (Å²) in [7, 11) is 4.13. The van der Waals surface area contributed by atoms with Crippen molar-refractivity contribution < 1.29 is 9.36 Å². The van der Waals surface area contributed by atoms with E-state index in [9.17, 15) is 4.79 Å². The Balaban J connectivity index is 1.48. The number of nitrogens with zero attached hydrogens (tertiary/aromatic N) is 3. The normalized spacial score (nSPS) is 14.8. The first-order valence-electron chi connectivity index (χ1n) is 11.6. The van der Waals surface area contributed by atoms with Crippen molar-refractivity contribution in [1.29, 1.82) is 0 Å². The van der Waals surface area contributed by atoms with Gasteiger partial charge in [-0.1, -0.05) is 84.9 Å². The van der Waals surface area contributed by atoms with Crippen LogP contribution in [0.3, 0.4) is 0 Å². The summed E-state index contributed by atoms with van der Waals surface area (Å²) in [5.41, 5.74) is 6.25. The molecule has 0 amide bonds. The molecule has 2 heterocycles. The van der Waals surface area contributed by atoms with Crippen molar-refractivity contribution in [2.75, 3.05) is 19.4 Å². The van der Waals surface area contributed by atoms with Crippen molar-refractivity contribution in [1.82, 2.24) is 9.88 Å². The minimum Gasteiger partial charge on any atom is -0.305 e. The summed E-state index contributed by atoms with van der Waals surface area (Å²) in [5, 5.41) is 3.50. The monoisotopic (exact) mass is 449 g/mol. The molecule has 1 N–H and O–H groups in total.